The van der Waals surface area contributed by atoms with Gasteiger partial charge in [-0.05, 0) is 47.0 Å². The van der Waals surface area contributed by atoms with E-state index in [0.717, 1.165) is 67.5 Å². The second-order valence-corrected chi connectivity index (χ2v) is 9.07. The maximum Gasteiger partial charge on any atom is 0.144 e. The lowest BCUT2D eigenvalue weighted by molar-refractivity contribution is 0.564. The van der Waals surface area contributed by atoms with Gasteiger partial charge in [-0.3, -0.25) is 0 Å². The van der Waals surface area contributed by atoms with Crippen molar-refractivity contribution in [3.8, 4) is 0 Å². The molecule has 2 heterocycles. The summed E-state index contributed by atoms with van der Waals surface area (Å²) in [5, 5.41) is 4.16. The minimum atomic E-state index is 0.813. The third-order valence-electron chi connectivity index (χ3n) is 6.13. The highest BCUT2D eigenvalue weighted by molar-refractivity contribution is 7.99. The van der Waals surface area contributed by atoms with E-state index in [0.29, 0.717) is 0 Å². The molecule has 1 aromatic heterocycles. The highest BCUT2D eigenvalue weighted by Crippen LogP contribution is 2.39. The molecule has 0 atom stereocenters. The van der Waals surface area contributed by atoms with Crippen LogP contribution >= 0.6 is 11.8 Å². The van der Waals surface area contributed by atoms with Crippen molar-refractivity contribution in [2.24, 2.45) is 0 Å². The molecule has 0 N–H and O–H groups in total. The van der Waals surface area contributed by atoms with Crippen LogP contribution in [0.25, 0.3) is 29.6 Å². The van der Waals surface area contributed by atoms with E-state index in [4.69, 9.17) is 4.98 Å². The Kier molecular flexibility index (Phi) is 5.44. The van der Waals surface area contributed by atoms with E-state index in [1.54, 1.807) is 11.8 Å². The minimum absolute atomic E-state index is 0.813. The Hall–Kier alpha value is -2.98. The van der Waals surface area contributed by atoms with Gasteiger partial charge in [0.05, 0.1) is 5.69 Å². The Morgan fingerprint density at radius 3 is 2.35 bits per heavy atom. The van der Waals surface area contributed by atoms with Crippen molar-refractivity contribution in [1.82, 2.24) is 9.88 Å². The Morgan fingerprint density at radius 2 is 1.68 bits per heavy atom. The fourth-order valence-electron chi connectivity index (χ4n) is 4.20. The van der Waals surface area contributed by atoms with Crippen molar-refractivity contribution < 1.29 is 0 Å². The first-order chi connectivity index (χ1) is 14.8. The summed E-state index contributed by atoms with van der Waals surface area (Å²) in [6.45, 7) is 21.8. The van der Waals surface area contributed by atoms with Crippen LogP contribution in [0, 0.1) is 0 Å². The zero-order chi connectivity index (χ0) is 22.4. The van der Waals surface area contributed by atoms with Crippen molar-refractivity contribution in [2.75, 3.05) is 19.0 Å². The van der Waals surface area contributed by atoms with Crippen molar-refractivity contribution in [2.45, 2.75) is 36.5 Å². The highest BCUT2D eigenvalue weighted by atomic mass is 32.2. The average molecular weight is 428 g/mol. The summed E-state index contributed by atoms with van der Waals surface area (Å²) in [4.78, 5) is 11.4. The molecule has 158 valence electrons. The van der Waals surface area contributed by atoms with Crippen LogP contribution in [0.4, 0.5) is 5.82 Å². The largest absolute Gasteiger partial charge is 0.331 e. The van der Waals surface area contributed by atoms with Crippen molar-refractivity contribution in [3.63, 3.8) is 0 Å². The number of pyridine rings is 1. The molecule has 0 unspecified atom stereocenters. The number of anilines is 1. The predicted molar refractivity (Wildman–Crippen MR) is 136 cm³/mol. The average Bonchev–Trinajstić information content (AvgIpc) is 2.78. The SMILES string of the molecule is C=C1c2c(nc(CC)c3c(=C)c(Sc4cccc(CC)c4)cc(=C)c23)N(C)C(=C)N1C. The molecular formula is C27H29N3S. The van der Waals surface area contributed by atoms with Crippen LogP contribution in [-0.2, 0) is 12.8 Å². The third-order valence-corrected chi connectivity index (χ3v) is 7.21. The normalized spacial score (nSPS) is 13.8. The van der Waals surface area contributed by atoms with Crippen LogP contribution in [0.3, 0.4) is 0 Å². The molecular weight excluding hydrogens is 398 g/mol. The Labute approximate surface area is 189 Å². The maximum absolute atomic E-state index is 5.05. The number of hydrogen-bond acceptors (Lipinski definition) is 4. The zero-order valence-electron chi connectivity index (χ0n) is 18.9. The van der Waals surface area contributed by atoms with Crippen molar-refractivity contribution >= 4 is 47.2 Å². The first-order valence-electron chi connectivity index (χ1n) is 10.6. The second kappa shape index (κ2) is 7.93. The first kappa shape index (κ1) is 21.3. The second-order valence-electron chi connectivity index (χ2n) is 7.96. The minimum Gasteiger partial charge on any atom is -0.331 e. The molecule has 0 fully saturated rings. The summed E-state index contributed by atoms with van der Waals surface area (Å²) in [5.74, 6) is 1.74. The molecule has 1 aliphatic rings. The molecule has 1 aliphatic heterocycles. The van der Waals surface area contributed by atoms with Gasteiger partial charge in [0.1, 0.15) is 11.6 Å². The van der Waals surface area contributed by atoms with Crippen LogP contribution in [0.2, 0.25) is 0 Å². The Bertz CT molecular complexity index is 1340. The standard InChI is InChI=1S/C27H29N3S/c1-9-20-12-11-13-21(15-20)31-23-14-16(3)24-25(17(23)4)22(10-2)28-27-26(24)18(5)29(7)19(6)30(27)8/h11-15H,3-6,9-10H2,1-2,7-8H3. The van der Waals surface area contributed by atoms with E-state index >= 15 is 0 Å². The van der Waals surface area contributed by atoms with Gasteiger partial charge in [-0.2, -0.15) is 0 Å². The summed E-state index contributed by atoms with van der Waals surface area (Å²) < 4.78 is 0. The number of nitrogens with zero attached hydrogens (tertiary/aromatic N) is 3. The number of benzene rings is 2. The van der Waals surface area contributed by atoms with Gasteiger partial charge in [0.2, 0.25) is 0 Å². The summed E-state index contributed by atoms with van der Waals surface area (Å²) in [7, 11) is 3.99. The van der Waals surface area contributed by atoms with Gasteiger partial charge >= 0.3 is 0 Å². The van der Waals surface area contributed by atoms with Crippen LogP contribution in [0.5, 0.6) is 0 Å². The quantitative estimate of drug-likeness (QED) is 0.573. The number of aryl methyl sites for hydroxylation is 2. The zero-order valence-corrected chi connectivity index (χ0v) is 19.7. The van der Waals surface area contributed by atoms with Crippen molar-refractivity contribution in [3.05, 3.63) is 76.6 Å². The lowest BCUT2D eigenvalue weighted by Crippen LogP contribution is -2.35. The van der Waals surface area contributed by atoms with Crippen LogP contribution < -0.4 is 15.3 Å². The molecule has 3 nitrogen and oxygen atoms in total. The fraction of sp³-hybridized carbons (Fsp3) is 0.222. The molecule has 3 aromatic rings. The van der Waals surface area contributed by atoms with Crippen LogP contribution in [0.1, 0.15) is 30.7 Å². The molecule has 4 heteroatoms. The Morgan fingerprint density at radius 1 is 0.935 bits per heavy atom. The van der Waals surface area contributed by atoms with Gasteiger partial charge in [0.25, 0.3) is 0 Å². The summed E-state index contributed by atoms with van der Waals surface area (Å²) in [6, 6.07) is 10.8. The molecule has 4 rings (SSSR count). The molecule has 2 aromatic carbocycles. The van der Waals surface area contributed by atoms with E-state index in [-0.39, 0.29) is 0 Å². The van der Waals surface area contributed by atoms with Gasteiger partial charge in [-0.1, -0.05) is 64.1 Å². The summed E-state index contributed by atoms with van der Waals surface area (Å²) in [6.07, 6.45) is 1.84. The molecule has 0 radical (unpaired) electrons. The van der Waals surface area contributed by atoms with Gasteiger partial charge in [-0.15, -0.1) is 0 Å². The molecule has 0 amide bonds. The molecule has 31 heavy (non-hydrogen) atoms. The molecule has 0 saturated heterocycles. The predicted octanol–water partition coefficient (Wildman–Crippen LogP) is 5.15. The molecule has 0 aliphatic carbocycles. The van der Waals surface area contributed by atoms with Crippen LogP contribution in [-0.4, -0.2) is 24.0 Å². The summed E-state index contributed by atoms with van der Waals surface area (Å²) in [5.41, 5.74) is 4.27. The maximum atomic E-state index is 5.05. The lowest BCUT2D eigenvalue weighted by Gasteiger charge is -2.38. The number of hydrogen-bond donors (Lipinski definition) is 0. The highest BCUT2D eigenvalue weighted by Gasteiger charge is 2.29. The van der Waals surface area contributed by atoms with E-state index in [2.05, 4.69) is 70.5 Å². The number of aromatic nitrogens is 1. The Balaban J connectivity index is 2.01. The van der Waals surface area contributed by atoms with Gasteiger partial charge in [-0.25, -0.2) is 4.98 Å². The number of rotatable bonds is 4. The van der Waals surface area contributed by atoms with Crippen molar-refractivity contribution in [1.29, 1.82) is 0 Å². The van der Waals surface area contributed by atoms with E-state index in [1.807, 2.05) is 23.9 Å². The van der Waals surface area contributed by atoms with Crippen LogP contribution in [0.15, 0.2) is 59.1 Å². The first-order valence-corrected chi connectivity index (χ1v) is 11.4. The third kappa shape index (κ3) is 3.35. The summed E-state index contributed by atoms with van der Waals surface area (Å²) >= 11 is 1.74. The van der Waals surface area contributed by atoms with E-state index < -0.39 is 0 Å². The lowest BCUT2D eigenvalue weighted by atomic mass is 9.96. The smallest absolute Gasteiger partial charge is 0.144 e. The van der Waals surface area contributed by atoms with Gasteiger partial charge in [0, 0.05) is 45.9 Å². The molecule has 0 saturated carbocycles. The topological polar surface area (TPSA) is 19.4 Å². The fourth-order valence-corrected chi connectivity index (χ4v) is 5.23. The molecule has 0 bridgehead atoms. The number of fused-ring (bicyclic) bond motifs is 3. The van der Waals surface area contributed by atoms with Gasteiger partial charge in [0.15, 0.2) is 0 Å². The van der Waals surface area contributed by atoms with Gasteiger partial charge < -0.3 is 9.80 Å². The monoisotopic (exact) mass is 427 g/mol. The van der Waals surface area contributed by atoms with E-state index in [9.17, 15) is 0 Å². The molecule has 0 spiro atoms. The van der Waals surface area contributed by atoms with E-state index in [1.165, 1.54) is 10.5 Å².